The van der Waals surface area contributed by atoms with Gasteiger partial charge in [0, 0.05) is 25.3 Å². The fourth-order valence-corrected chi connectivity index (χ4v) is 4.72. The van der Waals surface area contributed by atoms with Crippen molar-refractivity contribution in [2.24, 2.45) is 11.8 Å². The summed E-state index contributed by atoms with van der Waals surface area (Å²) in [7, 11) is 2.03. The fourth-order valence-electron chi connectivity index (χ4n) is 4.72. The molecule has 2 nitrogen and oxygen atoms in total. The molecule has 1 aromatic rings. The van der Waals surface area contributed by atoms with E-state index >= 15 is 0 Å². The number of anilines is 1. The maximum Gasteiger partial charge on any atom is 0.0340 e. The van der Waals surface area contributed by atoms with Crippen LogP contribution >= 0.6 is 0 Å². The molecular formula is C19H28N2. The Bertz CT molecular complexity index is 548. The number of rotatable bonds is 3. The number of hydrogen-bond donors (Lipinski definition) is 1. The molecule has 1 aromatic carbocycles. The Hall–Kier alpha value is -1.02. The molecular weight excluding hydrogens is 256 g/mol. The van der Waals surface area contributed by atoms with Crippen LogP contribution < -0.4 is 5.32 Å². The van der Waals surface area contributed by atoms with Gasteiger partial charge in [-0.3, -0.25) is 4.90 Å². The summed E-state index contributed by atoms with van der Waals surface area (Å²) in [5.41, 5.74) is 4.84. The molecule has 3 atom stereocenters. The van der Waals surface area contributed by atoms with E-state index in [4.69, 9.17) is 0 Å². The van der Waals surface area contributed by atoms with Crippen LogP contribution in [0.5, 0.6) is 0 Å². The molecule has 2 heteroatoms. The van der Waals surface area contributed by atoms with Gasteiger partial charge < -0.3 is 5.32 Å². The van der Waals surface area contributed by atoms with Crippen molar-refractivity contribution in [3.05, 3.63) is 29.3 Å². The van der Waals surface area contributed by atoms with Gasteiger partial charge in [-0.15, -0.1) is 0 Å². The quantitative estimate of drug-likeness (QED) is 0.911. The molecule has 2 fully saturated rings. The average Bonchev–Trinajstić information content (AvgIpc) is 3.30. The summed E-state index contributed by atoms with van der Waals surface area (Å²) in [4.78, 5) is 2.82. The van der Waals surface area contributed by atoms with Gasteiger partial charge in [0.15, 0.2) is 0 Å². The first kappa shape index (κ1) is 13.6. The van der Waals surface area contributed by atoms with E-state index in [9.17, 15) is 0 Å². The molecule has 114 valence electrons. The van der Waals surface area contributed by atoms with E-state index < -0.39 is 0 Å². The van der Waals surface area contributed by atoms with Gasteiger partial charge in [-0.25, -0.2) is 0 Å². The Morgan fingerprint density at radius 3 is 2.86 bits per heavy atom. The largest absolute Gasteiger partial charge is 0.388 e. The van der Waals surface area contributed by atoms with Gasteiger partial charge in [-0.05, 0) is 72.7 Å². The van der Waals surface area contributed by atoms with Crippen molar-refractivity contribution in [1.82, 2.24) is 4.90 Å². The van der Waals surface area contributed by atoms with Crippen LogP contribution in [-0.2, 0) is 11.8 Å². The molecule has 3 aliphatic rings. The Balaban J connectivity index is 1.70. The predicted octanol–water partition coefficient (Wildman–Crippen LogP) is 3.66. The zero-order valence-corrected chi connectivity index (χ0v) is 13.7. The lowest BCUT2D eigenvalue weighted by Crippen LogP contribution is -2.58. The number of fused-ring (bicyclic) bond motifs is 4. The standard InChI is InChI=1S/C19H28N2/c1-13-18-10-15-6-7-16(20-3)11-17(15)19(13,2)8-9-21(18)12-14-4-5-14/h6-7,11,13-14,18,20H,4-5,8-10,12H2,1-3H3/t13?,18?,19-/m1/s1. The van der Waals surface area contributed by atoms with Gasteiger partial charge in [0.25, 0.3) is 0 Å². The van der Waals surface area contributed by atoms with Crippen molar-refractivity contribution in [2.45, 2.75) is 51.0 Å². The zero-order chi connectivity index (χ0) is 14.6. The first-order chi connectivity index (χ1) is 10.1. The maximum atomic E-state index is 3.32. The van der Waals surface area contributed by atoms with Crippen LogP contribution in [0.15, 0.2) is 18.2 Å². The van der Waals surface area contributed by atoms with Gasteiger partial charge in [0.1, 0.15) is 0 Å². The monoisotopic (exact) mass is 284 g/mol. The minimum atomic E-state index is 0.366. The summed E-state index contributed by atoms with van der Waals surface area (Å²) in [6.45, 7) is 7.66. The van der Waals surface area contributed by atoms with Crippen molar-refractivity contribution in [1.29, 1.82) is 0 Å². The van der Waals surface area contributed by atoms with Crippen LogP contribution in [0.1, 0.15) is 44.2 Å². The van der Waals surface area contributed by atoms with E-state index in [1.165, 1.54) is 44.5 Å². The first-order valence-electron chi connectivity index (χ1n) is 8.67. The first-order valence-corrected chi connectivity index (χ1v) is 8.67. The topological polar surface area (TPSA) is 15.3 Å². The molecule has 2 aliphatic carbocycles. The van der Waals surface area contributed by atoms with Crippen molar-refractivity contribution in [2.75, 3.05) is 25.5 Å². The fraction of sp³-hybridized carbons (Fsp3) is 0.684. The molecule has 2 bridgehead atoms. The molecule has 1 N–H and O–H groups in total. The maximum absolute atomic E-state index is 3.32. The summed E-state index contributed by atoms with van der Waals surface area (Å²) in [6, 6.07) is 7.80. The van der Waals surface area contributed by atoms with Crippen LogP contribution in [-0.4, -0.2) is 31.1 Å². The molecule has 0 amide bonds. The second kappa shape index (κ2) is 4.74. The third-order valence-electron chi connectivity index (χ3n) is 6.60. The number of benzene rings is 1. The zero-order valence-electron chi connectivity index (χ0n) is 13.7. The SMILES string of the molecule is CNc1ccc2c(c1)[C@]1(C)CCN(CC3CC3)C(C2)C1C. The van der Waals surface area contributed by atoms with Gasteiger partial charge in [-0.1, -0.05) is 19.9 Å². The Kier molecular flexibility index (Phi) is 3.08. The molecule has 1 aliphatic heterocycles. The van der Waals surface area contributed by atoms with Crippen molar-refractivity contribution < 1.29 is 0 Å². The normalized spacial score (nSPS) is 35.4. The molecule has 1 saturated carbocycles. The smallest absolute Gasteiger partial charge is 0.0340 e. The van der Waals surface area contributed by atoms with E-state index in [-0.39, 0.29) is 0 Å². The molecule has 1 saturated heterocycles. The summed E-state index contributed by atoms with van der Waals surface area (Å²) < 4.78 is 0. The third-order valence-corrected chi connectivity index (χ3v) is 6.60. The van der Waals surface area contributed by atoms with Gasteiger partial charge in [-0.2, -0.15) is 0 Å². The lowest BCUT2D eigenvalue weighted by molar-refractivity contribution is 0.0284. The Morgan fingerprint density at radius 1 is 1.33 bits per heavy atom. The van der Waals surface area contributed by atoms with Crippen molar-refractivity contribution in [3.8, 4) is 0 Å². The summed E-state index contributed by atoms with van der Waals surface area (Å²) in [5, 5.41) is 3.32. The van der Waals surface area contributed by atoms with Crippen LogP contribution in [0.2, 0.25) is 0 Å². The van der Waals surface area contributed by atoms with Gasteiger partial charge >= 0.3 is 0 Å². The minimum absolute atomic E-state index is 0.366. The lowest BCUT2D eigenvalue weighted by Gasteiger charge is -2.55. The Labute approximate surface area is 128 Å². The summed E-state index contributed by atoms with van der Waals surface area (Å²) in [6.07, 6.45) is 5.51. The number of nitrogens with one attached hydrogen (secondary N) is 1. The molecule has 0 radical (unpaired) electrons. The van der Waals surface area contributed by atoms with Crippen LogP contribution in [0.4, 0.5) is 5.69 Å². The van der Waals surface area contributed by atoms with Crippen LogP contribution in [0, 0.1) is 11.8 Å². The molecule has 0 spiro atoms. The summed E-state index contributed by atoms with van der Waals surface area (Å²) in [5.74, 6) is 1.78. The van der Waals surface area contributed by atoms with Crippen molar-refractivity contribution in [3.63, 3.8) is 0 Å². The van der Waals surface area contributed by atoms with Crippen molar-refractivity contribution >= 4 is 5.69 Å². The van der Waals surface area contributed by atoms with Crippen LogP contribution in [0.3, 0.4) is 0 Å². The number of piperidine rings is 1. The van der Waals surface area contributed by atoms with E-state index in [1.807, 2.05) is 7.05 Å². The predicted molar refractivity (Wildman–Crippen MR) is 88.9 cm³/mol. The third kappa shape index (κ3) is 2.11. The van der Waals surface area contributed by atoms with Crippen LogP contribution in [0.25, 0.3) is 0 Å². The molecule has 1 heterocycles. The van der Waals surface area contributed by atoms with Gasteiger partial charge in [0.05, 0.1) is 0 Å². The number of hydrogen-bond acceptors (Lipinski definition) is 2. The number of likely N-dealkylation sites (tertiary alicyclic amines) is 1. The average molecular weight is 284 g/mol. The minimum Gasteiger partial charge on any atom is -0.388 e. The highest BCUT2D eigenvalue weighted by Gasteiger charge is 2.48. The highest BCUT2D eigenvalue weighted by Crippen LogP contribution is 2.49. The molecule has 21 heavy (non-hydrogen) atoms. The van der Waals surface area contributed by atoms with E-state index in [1.54, 1.807) is 11.1 Å². The molecule has 0 aromatic heterocycles. The van der Waals surface area contributed by atoms with E-state index in [0.717, 1.165) is 17.9 Å². The second-order valence-electron chi connectivity index (χ2n) is 7.79. The lowest BCUT2D eigenvalue weighted by atomic mass is 9.59. The van der Waals surface area contributed by atoms with Gasteiger partial charge in [0.2, 0.25) is 0 Å². The highest BCUT2D eigenvalue weighted by molar-refractivity contribution is 5.52. The molecule has 4 rings (SSSR count). The second-order valence-corrected chi connectivity index (χ2v) is 7.79. The molecule has 2 unspecified atom stereocenters. The highest BCUT2D eigenvalue weighted by atomic mass is 15.2. The van der Waals surface area contributed by atoms with E-state index in [2.05, 4.69) is 42.3 Å². The number of nitrogens with zero attached hydrogens (tertiary/aromatic N) is 1. The summed E-state index contributed by atoms with van der Waals surface area (Å²) >= 11 is 0. The van der Waals surface area contributed by atoms with E-state index in [0.29, 0.717) is 5.41 Å². The Morgan fingerprint density at radius 2 is 2.14 bits per heavy atom.